The molecule has 0 spiro atoms. The first-order valence-electron chi connectivity index (χ1n) is 7.82. The Kier molecular flexibility index (Phi) is 4.41. The van der Waals surface area contributed by atoms with E-state index in [0.717, 1.165) is 32.5 Å². The summed E-state index contributed by atoms with van der Waals surface area (Å²) in [6, 6.07) is 23.2. The molecule has 2 aromatic carbocycles. The summed E-state index contributed by atoms with van der Waals surface area (Å²) in [7, 11) is 0. The lowest BCUT2D eigenvalue weighted by Crippen LogP contribution is -2.52. The van der Waals surface area contributed by atoms with Crippen molar-refractivity contribution in [3.63, 3.8) is 0 Å². The Labute approximate surface area is 132 Å². The Bertz CT molecular complexity index is 623. The fourth-order valence-corrected chi connectivity index (χ4v) is 2.98. The smallest absolute Gasteiger partial charge is 0.110 e. The molecule has 0 radical (unpaired) electrons. The quantitative estimate of drug-likeness (QED) is 0.939. The topological polar surface area (TPSA) is 39.1 Å². The minimum absolute atomic E-state index is 0.402. The van der Waals surface area contributed by atoms with Crippen molar-refractivity contribution in [3.05, 3.63) is 66.2 Å². The van der Waals surface area contributed by atoms with E-state index in [2.05, 4.69) is 52.7 Å². The minimum atomic E-state index is -0.402. The first kappa shape index (κ1) is 14.6. The molecule has 0 amide bonds. The van der Waals surface area contributed by atoms with Crippen molar-refractivity contribution >= 4 is 5.69 Å². The SMILES string of the molecule is N#CC1(NCc2ccccc2)CCN(c2ccccc2)CC1. The molecule has 1 heterocycles. The summed E-state index contributed by atoms with van der Waals surface area (Å²) in [4.78, 5) is 2.36. The van der Waals surface area contributed by atoms with E-state index in [1.54, 1.807) is 0 Å². The second-order valence-electron chi connectivity index (χ2n) is 5.86. The molecular formula is C19H21N3. The van der Waals surface area contributed by atoms with Crippen LogP contribution >= 0.6 is 0 Å². The third kappa shape index (κ3) is 3.29. The number of nitrogens with one attached hydrogen (secondary N) is 1. The zero-order chi connectivity index (χ0) is 15.3. The van der Waals surface area contributed by atoms with Gasteiger partial charge in [-0.25, -0.2) is 0 Å². The molecule has 1 saturated heterocycles. The minimum Gasteiger partial charge on any atom is -0.371 e. The van der Waals surface area contributed by atoms with Crippen LogP contribution in [-0.4, -0.2) is 18.6 Å². The number of hydrogen-bond donors (Lipinski definition) is 1. The molecule has 3 rings (SSSR count). The molecule has 0 bridgehead atoms. The van der Waals surface area contributed by atoms with Crippen molar-refractivity contribution < 1.29 is 0 Å². The largest absolute Gasteiger partial charge is 0.371 e. The molecule has 1 aliphatic heterocycles. The Morgan fingerprint density at radius 3 is 2.14 bits per heavy atom. The standard InChI is InChI=1S/C19H21N3/c20-16-19(21-15-17-7-3-1-4-8-17)11-13-22(14-12-19)18-9-5-2-6-10-18/h1-10,21H,11-15H2. The lowest BCUT2D eigenvalue weighted by molar-refractivity contribution is 0.330. The second kappa shape index (κ2) is 6.64. The lowest BCUT2D eigenvalue weighted by atomic mass is 9.88. The summed E-state index contributed by atoms with van der Waals surface area (Å²) < 4.78 is 0. The van der Waals surface area contributed by atoms with Gasteiger partial charge in [0.1, 0.15) is 5.54 Å². The van der Waals surface area contributed by atoms with Gasteiger partial charge in [-0.3, -0.25) is 5.32 Å². The molecule has 22 heavy (non-hydrogen) atoms. The normalized spacial score (nSPS) is 17.0. The van der Waals surface area contributed by atoms with Gasteiger partial charge in [-0.1, -0.05) is 48.5 Å². The van der Waals surface area contributed by atoms with Crippen LogP contribution in [0.2, 0.25) is 0 Å². The predicted molar refractivity (Wildman–Crippen MR) is 89.5 cm³/mol. The van der Waals surface area contributed by atoms with Gasteiger partial charge in [0.15, 0.2) is 0 Å². The molecule has 3 nitrogen and oxygen atoms in total. The van der Waals surface area contributed by atoms with Crippen LogP contribution in [0, 0.1) is 11.3 Å². The number of rotatable bonds is 4. The number of para-hydroxylation sites is 1. The third-order valence-electron chi connectivity index (χ3n) is 4.43. The molecule has 1 N–H and O–H groups in total. The van der Waals surface area contributed by atoms with Crippen molar-refractivity contribution in [2.75, 3.05) is 18.0 Å². The first-order valence-corrected chi connectivity index (χ1v) is 7.82. The number of nitriles is 1. The maximum atomic E-state index is 9.65. The van der Waals surface area contributed by atoms with E-state index in [9.17, 15) is 5.26 Å². The second-order valence-corrected chi connectivity index (χ2v) is 5.86. The number of anilines is 1. The van der Waals surface area contributed by atoms with Gasteiger partial charge in [0.05, 0.1) is 6.07 Å². The molecule has 1 aliphatic rings. The molecule has 0 aliphatic carbocycles. The van der Waals surface area contributed by atoms with Crippen LogP contribution in [0.25, 0.3) is 0 Å². The highest BCUT2D eigenvalue weighted by atomic mass is 15.2. The molecular weight excluding hydrogens is 270 g/mol. The zero-order valence-electron chi connectivity index (χ0n) is 12.7. The average Bonchev–Trinajstić information content (AvgIpc) is 2.62. The zero-order valence-corrected chi connectivity index (χ0v) is 12.7. The summed E-state index contributed by atoms with van der Waals surface area (Å²) in [6.07, 6.45) is 1.70. The van der Waals surface area contributed by atoms with Gasteiger partial charge in [0.2, 0.25) is 0 Å². The molecule has 0 atom stereocenters. The number of nitrogens with zero attached hydrogens (tertiary/aromatic N) is 2. The van der Waals surface area contributed by atoms with Crippen LogP contribution in [0.15, 0.2) is 60.7 Å². The van der Waals surface area contributed by atoms with Crippen LogP contribution in [0.3, 0.4) is 0 Å². The fourth-order valence-electron chi connectivity index (χ4n) is 2.98. The van der Waals surface area contributed by atoms with E-state index < -0.39 is 5.54 Å². The lowest BCUT2D eigenvalue weighted by Gasteiger charge is -2.39. The van der Waals surface area contributed by atoms with Gasteiger partial charge in [-0.2, -0.15) is 5.26 Å². The predicted octanol–water partition coefficient (Wildman–Crippen LogP) is 3.34. The maximum Gasteiger partial charge on any atom is 0.110 e. The summed E-state index contributed by atoms with van der Waals surface area (Å²) >= 11 is 0. The molecule has 0 saturated carbocycles. The van der Waals surface area contributed by atoms with E-state index in [1.807, 2.05) is 24.3 Å². The molecule has 1 fully saturated rings. The van der Waals surface area contributed by atoms with Crippen molar-refractivity contribution in [3.8, 4) is 6.07 Å². The van der Waals surface area contributed by atoms with Crippen molar-refractivity contribution in [2.24, 2.45) is 0 Å². The van der Waals surface area contributed by atoms with Crippen LogP contribution in [-0.2, 0) is 6.54 Å². The summed E-state index contributed by atoms with van der Waals surface area (Å²) in [5.74, 6) is 0. The van der Waals surface area contributed by atoms with E-state index in [1.165, 1.54) is 11.3 Å². The molecule has 0 aromatic heterocycles. The number of benzene rings is 2. The van der Waals surface area contributed by atoms with Gasteiger partial charge < -0.3 is 4.90 Å². The Hall–Kier alpha value is -2.31. The molecule has 112 valence electrons. The maximum absolute atomic E-state index is 9.65. The third-order valence-corrected chi connectivity index (χ3v) is 4.43. The molecule has 0 unspecified atom stereocenters. The molecule has 2 aromatic rings. The highest BCUT2D eigenvalue weighted by Gasteiger charge is 2.34. The van der Waals surface area contributed by atoms with Gasteiger partial charge in [-0.15, -0.1) is 0 Å². The van der Waals surface area contributed by atoms with Crippen LogP contribution < -0.4 is 10.2 Å². The Morgan fingerprint density at radius 1 is 0.955 bits per heavy atom. The van der Waals surface area contributed by atoms with Gasteiger partial charge >= 0.3 is 0 Å². The van der Waals surface area contributed by atoms with E-state index in [4.69, 9.17) is 0 Å². The van der Waals surface area contributed by atoms with Crippen LogP contribution in [0.5, 0.6) is 0 Å². The number of piperidine rings is 1. The van der Waals surface area contributed by atoms with Crippen LogP contribution in [0.4, 0.5) is 5.69 Å². The van der Waals surface area contributed by atoms with E-state index in [0.29, 0.717) is 0 Å². The van der Waals surface area contributed by atoms with E-state index in [-0.39, 0.29) is 0 Å². The van der Waals surface area contributed by atoms with Crippen molar-refractivity contribution in [2.45, 2.75) is 24.9 Å². The van der Waals surface area contributed by atoms with E-state index >= 15 is 0 Å². The monoisotopic (exact) mass is 291 g/mol. The average molecular weight is 291 g/mol. The Balaban J connectivity index is 1.61. The highest BCUT2D eigenvalue weighted by Crippen LogP contribution is 2.26. The number of hydrogen-bond acceptors (Lipinski definition) is 3. The van der Waals surface area contributed by atoms with Gasteiger partial charge in [-0.05, 0) is 30.5 Å². The van der Waals surface area contributed by atoms with Gasteiger partial charge in [0, 0.05) is 25.3 Å². The highest BCUT2D eigenvalue weighted by molar-refractivity contribution is 5.46. The Morgan fingerprint density at radius 2 is 1.55 bits per heavy atom. The summed E-state index contributed by atoms with van der Waals surface area (Å²) in [5, 5.41) is 13.1. The van der Waals surface area contributed by atoms with Crippen molar-refractivity contribution in [1.82, 2.24) is 5.32 Å². The summed E-state index contributed by atoms with van der Waals surface area (Å²) in [6.45, 7) is 2.58. The summed E-state index contributed by atoms with van der Waals surface area (Å²) in [5.41, 5.74) is 2.07. The fraction of sp³-hybridized carbons (Fsp3) is 0.316. The first-order chi connectivity index (χ1) is 10.8. The van der Waals surface area contributed by atoms with Crippen molar-refractivity contribution in [1.29, 1.82) is 5.26 Å². The van der Waals surface area contributed by atoms with Crippen LogP contribution in [0.1, 0.15) is 18.4 Å². The molecule has 3 heteroatoms. The van der Waals surface area contributed by atoms with Gasteiger partial charge in [0.25, 0.3) is 0 Å².